The van der Waals surface area contributed by atoms with Gasteiger partial charge in [0.2, 0.25) is 0 Å². The van der Waals surface area contributed by atoms with Crippen molar-refractivity contribution in [2.24, 2.45) is 0 Å². The highest BCUT2D eigenvalue weighted by Gasteiger charge is 2.45. The second kappa shape index (κ2) is 5.65. The van der Waals surface area contributed by atoms with E-state index in [0.717, 1.165) is 47.7 Å². The van der Waals surface area contributed by atoms with E-state index in [4.69, 9.17) is 11.6 Å². The van der Waals surface area contributed by atoms with E-state index in [1.54, 1.807) is 0 Å². The van der Waals surface area contributed by atoms with Crippen molar-refractivity contribution in [3.05, 3.63) is 51.8 Å². The van der Waals surface area contributed by atoms with Crippen LogP contribution in [0.1, 0.15) is 40.2 Å². The molecular formula is C17H19ClN4O. The molecule has 1 fully saturated rings. The van der Waals surface area contributed by atoms with Crippen LogP contribution in [0.2, 0.25) is 5.02 Å². The Morgan fingerprint density at radius 1 is 1.35 bits per heavy atom. The third-order valence-corrected chi connectivity index (χ3v) is 5.24. The first-order valence-corrected chi connectivity index (χ1v) is 8.37. The molecule has 1 aromatic heterocycles. The van der Waals surface area contributed by atoms with E-state index in [0.29, 0.717) is 18.8 Å². The van der Waals surface area contributed by atoms with Gasteiger partial charge in [0.25, 0.3) is 5.91 Å². The minimum Gasteiger partial charge on any atom is -0.350 e. The number of nitrogens with one attached hydrogen (secondary N) is 3. The van der Waals surface area contributed by atoms with E-state index in [-0.39, 0.29) is 11.3 Å². The van der Waals surface area contributed by atoms with Crippen molar-refractivity contribution in [1.82, 2.24) is 20.8 Å². The maximum absolute atomic E-state index is 12.5. The summed E-state index contributed by atoms with van der Waals surface area (Å²) in [6, 6.07) is 7.90. The molecule has 6 heteroatoms. The predicted octanol–water partition coefficient (Wildman–Crippen LogP) is 2.17. The fourth-order valence-corrected chi connectivity index (χ4v) is 3.67. The number of aromatic nitrogens is 2. The summed E-state index contributed by atoms with van der Waals surface area (Å²) < 4.78 is 0. The highest BCUT2D eigenvalue weighted by Crippen LogP contribution is 2.49. The molecule has 2 aromatic rings. The van der Waals surface area contributed by atoms with Gasteiger partial charge in [-0.15, -0.1) is 0 Å². The summed E-state index contributed by atoms with van der Waals surface area (Å²) in [5, 5.41) is 14.3. The van der Waals surface area contributed by atoms with Crippen LogP contribution in [0.5, 0.6) is 0 Å². The van der Waals surface area contributed by atoms with Gasteiger partial charge in [0.1, 0.15) is 0 Å². The lowest BCUT2D eigenvalue weighted by Gasteiger charge is -2.18. The van der Waals surface area contributed by atoms with Crippen LogP contribution >= 0.6 is 11.6 Å². The highest BCUT2D eigenvalue weighted by atomic mass is 35.5. The van der Waals surface area contributed by atoms with Crippen LogP contribution in [0.4, 0.5) is 0 Å². The Bertz CT molecular complexity index is 751. The quantitative estimate of drug-likeness (QED) is 0.804. The van der Waals surface area contributed by atoms with Crippen LogP contribution in [-0.2, 0) is 18.4 Å². The van der Waals surface area contributed by atoms with Crippen LogP contribution in [0, 0.1) is 0 Å². The van der Waals surface area contributed by atoms with Crippen molar-refractivity contribution in [2.75, 3.05) is 13.1 Å². The number of benzene rings is 1. The molecule has 1 amide bonds. The molecule has 1 saturated carbocycles. The number of H-pyrrole nitrogens is 1. The summed E-state index contributed by atoms with van der Waals surface area (Å²) in [5.41, 5.74) is 3.70. The maximum atomic E-state index is 12.5. The third kappa shape index (κ3) is 2.64. The highest BCUT2D eigenvalue weighted by molar-refractivity contribution is 6.31. The largest absolute Gasteiger partial charge is 0.350 e. The molecule has 0 radical (unpaired) electrons. The van der Waals surface area contributed by atoms with Gasteiger partial charge in [-0.3, -0.25) is 9.89 Å². The number of rotatable bonds is 4. The molecule has 1 aliphatic heterocycles. The topological polar surface area (TPSA) is 69.8 Å². The van der Waals surface area contributed by atoms with E-state index in [9.17, 15) is 4.79 Å². The van der Waals surface area contributed by atoms with E-state index < -0.39 is 0 Å². The Balaban J connectivity index is 1.48. The van der Waals surface area contributed by atoms with Gasteiger partial charge in [-0.2, -0.15) is 5.10 Å². The first-order valence-electron chi connectivity index (χ1n) is 8.00. The Labute approximate surface area is 139 Å². The number of carbonyl (C=O) groups excluding carboxylic acids is 1. The molecule has 5 nitrogen and oxygen atoms in total. The number of carbonyl (C=O) groups is 1. The lowest BCUT2D eigenvalue weighted by Crippen LogP contribution is -2.34. The van der Waals surface area contributed by atoms with Crippen LogP contribution in [-0.4, -0.2) is 29.2 Å². The molecule has 1 aliphatic carbocycles. The molecule has 0 saturated heterocycles. The first-order chi connectivity index (χ1) is 11.2. The van der Waals surface area contributed by atoms with E-state index >= 15 is 0 Å². The summed E-state index contributed by atoms with van der Waals surface area (Å²) >= 11 is 6.32. The van der Waals surface area contributed by atoms with E-state index in [1.165, 1.54) is 0 Å². The van der Waals surface area contributed by atoms with Crippen molar-refractivity contribution in [2.45, 2.75) is 31.2 Å². The van der Waals surface area contributed by atoms with Gasteiger partial charge in [-0.05, 0) is 24.5 Å². The Hall–Kier alpha value is -1.85. The normalized spacial score (nSPS) is 18.3. The molecule has 23 heavy (non-hydrogen) atoms. The van der Waals surface area contributed by atoms with Crippen LogP contribution in [0.3, 0.4) is 0 Å². The molecule has 2 heterocycles. The molecule has 0 atom stereocenters. The minimum atomic E-state index is -0.107. The number of nitrogens with zero attached hydrogens (tertiary/aromatic N) is 1. The van der Waals surface area contributed by atoms with Crippen molar-refractivity contribution in [1.29, 1.82) is 0 Å². The zero-order chi connectivity index (χ0) is 15.9. The molecule has 120 valence electrons. The van der Waals surface area contributed by atoms with Crippen LogP contribution in [0.25, 0.3) is 0 Å². The number of aromatic amines is 1. The number of amides is 1. The van der Waals surface area contributed by atoms with E-state index in [2.05, 4.69) is 26.9 Å². The van der Waals surface area contributed by atoms with E-state index in [1.807, 2.05) is 18.2 Å². The molecule has 0 spiro atoms. The fraction of sp³-hybridized carbons (Fsp3) is 0.412. The average Bonchev–Trinajstić information content (AvgIpc) is 3.24. The molecule has 1 aromatic carbocycles. The number of hydrogen-bond donors (Lipinski definition) is 3. The molecule has 0 bridgehead atoms. The van der Waals surface area contributed by atoms with Gasteiger partial charge in [-0.25, -0.2) is 0 Å². The first kappa shape index (κ1) is 14.7. The molecular weight excluding hydrogens is 312 g/mol. The van der Waals surface area contributed by atoms with Gasteiger partial charge in [-0.1, -0.05) is 29.8 Å². The molecule has 3 N–H and O–H groups in total. The molecule has 4 rings (SSSR count). The smallest absolute Gasteiger partial charge is 0.272 e. The second-order valence-electron chi connectivity index (χ2n) is 6.40. The van der Waals surface area contributed by atoms with Crippen LogP contribution < -0.4 is 10.6 Å². The zero-order valence-electron chi connectivity index (χ0n) is 12.8. The number of fused-ring (bicyclic) bond motifs is 1. The van der Waals surface area contributed by atoms with Crippen molar-refractivity contribution in [3.8, 4) is 0 Å². The average molecular weight is 331 g/mol. The Kier molecular flexibility index (Phi) is 3.62. The molecule has 2 aliphatic rings. The standard InChI is InChI=1S/C17H19ClN4O/c18-13-4-2-1-3-12(13)17(6-7-17)10-20-16(23)15-11-9-19-8-5-14(11)21-22-15/h1-4,19H,5-10H2,(H,20,23)(H,21,22). The zero-order valence-corrected chi connectivity index (χ0v) is 13.5. The van der Waals surface area contributed by atoms with Crippen molar-refractivity contribution < 1.29 is 4.79 Å². The van der Waals surface area contributed by atoms with Gasteiger partial charge >= 0.3 is 0 Å². The Morgan fingerprint density at radius 3 is 2.96 bits per heavy atom. The van der Waals surface area contributed by atoms with Crippen LogP contribution in [0.15, 0.2) is 24.3 Å². The lowest BCUT2D eigenvalue weighted by molar-refractivity contribution is 0.0943. The maximum Gasteiger partial charge on any atom is 0.272 e. The van der Waals surface area contributed by atoms with Crippen molar-refractivity contribution >= 4 is 17.5 Å². The van der Waals surface area contributed by atoms with Gasteiger partial charge in [0.15, 0.2) is 5.69 Å². The lowest BCUT2D eigenvalue weighted by atomic mass is 9.95. The summed E-state index contributed by atoms with van der Waals surface area (Å²) in [5.74, 6) is -0.107. The van der Waals surface area contributed by atoms with Gasteiger partial charge in [0.05, 0.1) is 0 Å². The Morgan fingerprint density at radius 2 is 2.17 bits per heavy atom. The number of halogens is 1. The predicted molar refractivity (Wildman–Crippen MR) is 88.7 cm³/mol. The SMILES string of the molecule is O=C(NCC1(c2ccccc2Cl)CC1)c1n[nH]c2c1CNCC2. The minimum absolute atomic E-state index is 0.0113. The monoisotopic (exact) mass is 330 g/mol. The number of hydrogen-bond acceptors (Lipinski definition) is 3. The van der Waals surface area contributed by atoms with Crippen molar-refractivity contribution in [3.63, 3.8) is 0 Å². The summed E-state index contributed by atoms with van der Waals surface area (Å²) in [4.78, 5) is 12.5. The third-order valence-electron chi connectivity index (χ3n) is 4.91. The van der Waals surface area contributed by atoms with Gasteiger partial charge < -0.3 is 10.6 Å². The molecule has 0 unspecified atom stereocenters. The summed E-state index contributed by atoms with van der Waals surface area (Å²) in [6.45, 7) is 2.22. The van der Waals surface area contributed by atoms with Gasteiger partial charge in [0, 0.05) is 47.8 Å². The fourth-order valence-electron chi connectivity index (χ4n) is 3.33. The summed E-state index contributed by atoms with van der Waals surface area (Å²) in [7, 11) is 0. The second-order valence-corrected chi connectivity index (χ2v) is 6.81. The summed E-state index contributed by atoms with van der Waals surface area (Å²) in [6.07, 6.45) is 2.99.